The molecule has 0 bridgehead atoms. The van der Waals surface area contributed by atoms with Crippen LogP contribution in [0.25, 0.3) is 0 Å². The Kier molecular flexibility index (Phi) is 7.74. The van der Waals surface area contributed by atoms with Gasteiger partial charge in [0.1, 0.15) is 12.4 Å². The third-order valence-corrected chi connectivity index (χ3v) is 6.74. The fourth-order valence-electron chi connectivity index (χ4n) is 3.65. The van der Waals surface area contributed by atoms with Crippen LogP contribution in [0.5, 0.6) is 5.75 Å². The average molecular weight is 534 g/mol. The maximum atomic E-state index is 12.9. The van der Waals surface area contributed by atoms with E-state index in [1.54, 1.807) is 6.07 Å². The van der Waals surface area contributed by atoms with Gasteiger partial charge in [-0.3, -0.25) is 9.69 Å². The van der Waals surface area contributed by atoms with Gasteiger partial charge in [0.05, 0.1) is 4.47 Å². The van der Waals surface area contributed by atoms with Crippen LogP contribution in [0.1, 0.15) is 21.5 Å². The molecule has 166 valence electrons. The first-order valence-corrected chi connectivity index (χ1v) is 12.0. The molecule has 1 aliphatic heterocycles. The smallest absolute Gasteiger partial charge is 0.253 e. The van der Waals surface area contributed by atoms with Crippen LogP contribution in [0.15, 0.2) is 71.2 Å². The van der Waals surface area contributed by atoms with E-state index >= 15 is 0 Å². The summed E-state index contributed by atoms with van der Waals surface area (Å²) in [7, 11) is 0. The topological polar surface area (TPSA) is 32.8 Å². The summed E-state index contributed by atoms with van der Waals surface area (Å²) in [5, 5.41) is 1.32. The molecule has 0 unspecified atom stereocenters. The lowest BCUT2D eigenvalue weighted by atomic mass is 10.1. The van der Waals surface area contributed by atoms with Crippen molar-refractivity contribution < 1.29 is 9.53 Å². The standard InChI is InChI=1S/C25H23BrCl2N2O2/c26-22-3-1-2-4-24(22)32-17-18-5-7-19(8-6-18)25(31)30-13-11-29(12-14-30)16-20-9-10-21(27)15-23(20)28/h1-10,15H,11-14,16-17H2. The molecular formula is C25H23BrCl2N2O2. The van der Waals surface area contributed by atoms with Gasteiger partial charge in [0.2, 0.25) is 0 Å². The predicted molar refractivity (Wildman–Crippen MR) is 133 cm³/mol. The van der Waals surface area contributed by atoms with E-state index in [9.17, 15) is 4.79 Å². The van der Waals surface area contributed by atoms with Crippen molar-refractivity contribution in [2.75, 3.05) is 26.2 Å². The van der Waals surface area contributed by atoms with E-state index in [0.29, 0.717) is 35.3 Å². The Morgan fingerprint density at radius 2 is 1.66 bits per heavy atom. The molecule has 1 amide bonds. The molecule has 4 rings (SSSR count). The minimum absolute atomic E-state index is 0.0625. The molecule has 1 fully saturated rings. The molecule has 0 radical (unpaired) electrons. The first-order valence-electron chi connectivity index (χ1n) is 10.4. The highest BCUT2D eigenvalue weighted by molar-refractivity contribution is 9.10. The molecular weight excluding hydrogens is 511 g/mol. The van der Waals surface area contributed by atoms with Crippen LogP contribution in [-0.2, 0) is 13.2 Å². The molecule has 1 heterocycles. The lowest BCUT2D eigenvalue weighted by molar-refractivity contribution is 0.0628. The summed E-state index contributed by atoms with van der Waals surface area (Å²) >= 11 is 15.8. The Bertz CT molecular complexity index is 1080. The van der Waals surface area contributed by atoms with Crippen LogP contribution in [0, 0.1) is 0 Å². The number of hydrogen-bond donors (Lipinski definition) is 0. The predicted octanol–water partition coefficient (Wildman–Crippen LogP) is 6.29. The zero-order chi connectivity index (χ0) is 22.5. The number of rotatable bonds is 6. The van der Waals surface area contributed by atoms with Crippen LogP contribution >= 0.6 is 39.1 Å². The first-order chi connectivity index (χ1) is 15.5. The lowest BCUT2D eigenvalue weighted by Gasteiger charge is -2.35. The number of piperazine rings is 1. The molecule has 7 heteroatoms. The Hall–Kier alpha value is -2.05. The minimum atomic E-state index is 0.0625. The second-order valence-electron chi connectivity index (χ2n) is 7.72. The quantitative estimate of drug-likeness (QED) is 0.373. The molecule has 1 aliphatic rings. The number of halogens is 3. The van der Waals surface area contributed by atoms with Crippen LogP contribution in [-0.4, -0.2) is 41.9 Å². The summed E-state index contributed by atoms with van der Waals surface area (Å²) in [5.74, 6) is 0.859. The van der Waals surface area contributed by atoms with Crippen molar-refractivity contribution in [3.05, 3.63) is 97.9 Å². The minimum Gasteiger partial charge on any atom is -0.488 e. The first kappa shape index (κ1) is 23.1. The van der Waals surface area contributed by atoms with E-state index in [1.807, 2.05) is 65.6 Å². The summed E-state index contributed by atoms with van der Waals surface area (Å²) in [6, 6.07) is 21.0. The molecule has 0 aliphatic carbocycles. The van der Waals surface area contributed by atoms with E-state index in [4.69, 9.17) is 27.9 Å². The molecule has 3 aromatic carbocycles. The summed E-state index contributed by atoms with van der Waals surface area (Å²) in [6.45, 7) is 4.20. The molecule has 0 spiro atoms. The normalized spacial score (nSPS) is 14.4. The van der Waals surface area contributed by atoms with Crippen molar-refractivity contribution in [1.82, 2.24) is 9.80 Å². The van der Waals surface area contributed by atoms with E-state index in [-0.39, 0.29) is 5.91 Å². The summed E-state index contributed by atoms with van der Waals surface area (Å²) in [5.41, 5.74) is 2.77. The van der Waals surface area contributed by atoms with E-state index in [0.717, 1.165) is 41.0 Å². The molecule has 0 atom stereocenters. The highest BCUT2D eigenvalue weighted by Crippen LogP contribution is 2.25. The SMILES string of the molecule is O=C(c1ccc(COc2ccccc2Br)cc1)N1CCN(Cc2ccc(Cl)cc2Cl)CC1. The van der Waals surface area contributed by atoms with Gasteiger partial charge in [0.25, 0.3) is 5.91 Å². The fraction of sp³-hybridized carbons (Fsp3) is 0.240. The van der Waals surface area contributed by atoms with E-state index in [1.165, 1.54) is 0 Å². The van der Waals surface area contributed by atoms with Crippen molar-refractivity contribution >= 4 is 45.0 Å². The van der Waals surface area contributed by atoms with Gasteiger partial charge < -0.3 is 9.64 Å². The van der Waals surface area contributed by atoms with Crippen LogP contribution in [0.4, 0.5) is 0 Å². The molecule has 0 N–H and O–H groups in total. The second-order valence-corrected chi connectivity index (χ2v) is 9.42. The van der Waals surface area contributed by atoms with E-state index < -0.39 is 0 Å². The van der Waals surface area contributed by atoms with Crippen molar-refractivity contribution in [1.29, 1.82) is 0 Å². The third kappa shape index (κ3) is 5.84. The van der Waals surface area contributed by atoms with Gasteiger partial charge in [-0.25, -0.2) is 0 Å². The molecule has 4 nitrogen and oxygen atoms in total. The van der Waals surface area contributed by atoms with Crippen molar-refractivity contribution in [3.63, 3.8) is 0 Å². The third-order valence-electron chi connectivity index (χ3n) is 5.50. The summed E-state index contributed by atoms with van der Waals surface area (Å²) < 4.78 is 6.77. The maximum Gasteiger partial charge on any atom is 0.253 e. The molecule has 0 aromatic heterocycles. The molecule has 32 heavy (non-hydrogen) atoms. The Morgan fingerprint density at radius 1 is 0.938 bits per heavy atom. The number of para-hydroxylation sites is 1. The summed E-state index contributed by atoms with van der Waals surface area (Å²) in [6.07, 6.45) is 0. The van der Waals surface area contributed by atoms with Crippen molar-refractivity contribution in [2.45, 2.75) is 13.2 Å². The number of amides is 1. The van der Waals surface area contributed by atoms with Gasteiger partial charge in [0.15, 0.2) is 0 Å². The van der Waals surface area contributed by atoms with Crippen LogP contribution in [0.3, 0.4) is 0 Å². The van der Waals surface area contributed by atoms with Crippen molar-refractivity contribution in [3.8, 4) is 5.75 Å². The number of carbonyl (C=O) groups excluding carboxylic acids is 1. The Morgan fingerprint density at radius 3 is 2.34 bits per heavy atom. The molecule has 1 saturated heterocycles. The van der Waals surface area contributed by atoms with Gasteiger partial charge in [-0.05, 0) is 63.5 Å². The number of benzene rings is 3. The van der Waals surface area contributed by atoms with Gasteiger partial charge in [-0.15, -0.1) is 0 Å². The van der Waals surface area contributed by atoms with Gasteiger partial charge in [-0.1, -0.05) is 53.5 Å². The highest BCUT2D eigenvalue weighted by atomic mass is 79.9. The summed E-state index contributed by atoms with van der Waals surface area (Å²) in [4.78, 5) is 17.1. The van der Waals surface area contributed by atoms with Crippen LogP contribution < -0.4 is 4.74 Å². The zero-order valence-electron chi connectivity index (χ0n) is 17.4. The maximum absolute atomic E-state index is 12.9. The Balaban J connectivity index is 1.28. The van der Waals surface area contributed by atoms with Crippen LogP contribution in [0.2, 0.25) is 10.0 Å². The second kappa shape index (κ2) is 10.7. The molecule has 3 aromatic rings. The Labute approximate surface area is 206 Å². The average Bonchev–Trinajstić information content (AvgIpc) is 2.81. The van der Waals surface area contributed by atoms with Gasteiger partial charge >= 0.3 is 0 Å². The number of nitrogens with zero attached hydrogens (tertiary/aromatic N) is 2. The number of ether oxygens (including phenoxy) is 1. The molecule has 0 saturated carbocycles. The largest absolute Gasteiger partial charge is 0.488 e. The lowest BCUT2D eigenvalue weighted by Crippen LogP contribution is -2.48. The van der Waals surface area contributed by atoms with Gasteiger partial charge in [-0.2, -0.15) is 0 Å². The van der Waals surface area contributed by atoms with E-state index in [2.05, 4.69) is 20.8 Å². The monoisotopic (exact) mass is 532 g/mol. The zero-order valence-corrected chi connectivity index (χ0v) is 20.5. The van der Waals surface area contributed by atoms with Crippen molar-refractivity contribution in [2.24, 2.45) is 0 Å². The van der Waals surface area contributed by atoms with Gasteiger partial charge in [0, 0.05) is 48.3 Å². The fourth-order valence-corrected chi connectivity index (χ4v) is 4.52. The number of carbonyl (C=O) groups is 1. The number of hydrogen-bond acceptors (Lipinski definition) is 3. The highest BCUT2D eigenvalue weighted by Gasteiger charge is 2.22.